The zero-order valence-electron chi connectivity index (χ0n) is 11.8. The van der Waals surface area contributed by atoms with Gasteiger partial charge in [0.1, 0.15) is 11.6 Å². The van der Waals surface area contributed by atoms with Gasteiger partial charge in [0.05, 0.1) is 11.8 Å². The van der Waals surface area contributed by atoms with Crippen LogP contribution in [0.3, 0.4) is 0 Å². The molecule has 0 radical (unpaired) electrons. The fourth-order valence-corrected chi connectivity index (χ4v) is 6.18. The number of alkyl halides is 2. The second-order valence-electron chi connectivity index (χ2n) is 7.66. The van der Waals surface area contributed by atoms with Crippen LogP contribution in [-0.4, -0.2) is 23.3 Å². The molecule has 4 aliphatic carbocycles. The normalized spacial score (nSPS) is 41.9. The SMILES string of the molecule is O=C(CCl)CC12CC3CC(C1)CC(CC(=O)CCl)(C3)C2. The largest absolute Gasteiger partial charge is 0.298 e. The van der Waals surface area contributed by atoms with Crippen molar-refractivity contribution >= 4 is 34.8 Å². The van der Waals surface area contributed by atoms with Gasteiger partial charge in [-0.15, -0.1) is 23.2 Å². The Balaban J connectivity index is 1.81. The van der Waals surface area contributed by atoms with Gasteiger partial charge in [0.25, 0.3) is 0 Å². The topological polar surface area (TPSA) is 34.1 Å². The second kappa shape index (κ2) is 5.28. The number of Topliss-reactive ketones (excluding diaryl/α,β-unsaturated/α-hetero) is 2. The molecule has 4 bridgehead atoms. The first-order chi connectivity index (χ1) is 9.48. The van der Waals surface area contributed by atoms with Crippen LogP contribution in [0.5, 0.6) is 0 Å². The van der Waals surface area contributed by atoms with E-state index in [2.05, 4.69) is 0 Å². The molecule has 4 saturated carbocycles. The summed E-state index contributed by atoms with van der Waals surface area (Å²) in [6.07, 6.45) is 8.27. The van der Waals surface area contributed by atoms with E-state index in [-0.39, 0.29) is 34.2 Å². The Hall–Kier alpha value is -0.0800. The summed E-state index contributed by atoms with van der Waals surface area (Å²) >= 11 is 11.4. The maximum absolute atomic E-state index is 11.9. The Labute approximate surface area is 130 Å². The van der Waals surface area contributed by atoms with Crippen LogP contribution >= 0.6 is 23.2 Å². The summed E-state index contributed by atoms with van der Waals surface area (Å²) in [5.74, 6) is 2.03. The van der Waals surface area contributed by atoms with Gasteiger partial charge >= 0.3 is 0 Å². The standard InChI is InChI=1S/C16H22Cl2O2/c17-8-13(19)6-15-2-11-1-12(4-15)5-16(3-11,10-15)7-14(20)9-18/h11-12H,1-10H2. The van der Waals surface area contributed by atoms with E-state index in [4.69, 9.17) is 23.2 Å². The minimum atomic E-state index is 0.130. The smallest absolute Gasteiger partial charge is 0.148 e. The zero-order chi connectivity index (χ0) is 14.4. The monoisotopic (exact) mass is 316 g/mol. The van der Waals surface area contributed by atoms with E-state index >= 15 is 0 Å². The summed E-state index contributed by atoms with van der Waals surface area (Å²) in [7, 11) is 0. The van der Waals surface area contributed by atoms with E-state index in [1.165, 1.54) is 32.1 Å². The van der Waals surface area contributed by atoms with Crippen molar-refractivity contribution in [1.82, 2.24) is 0 Å². The summed E-state index contributed by atoms with van der Waals surface area (Å²) < 4.78 is 0. The maximum atomic E-state index is 11.9. The fourth-order valence-electron chi connectivity index (χ4n) is 5.99. The van der Waals surface area contributed by atoms with Gasteiger partial charge in [-0.2, -0.15) is 0 Å². The zero-order valence-corrected chi connectivity index (χ0v) is 13.3. The first-order valence-electron chi connectivity index (χ1n) is 7.63. The highest BCUT2D eigenvalue weighted by Crippen LogP contribution is 2.67. The van der Waals surface area contributed by atoms with Gasteiger partial charge in [-0.25, -0.2) is 0 Å². The average molecular weight is 317 g/mol. The maximum Gasteiger partial charge on any atom is 0.148 e. The summed E-state index contributed by atoms with van der Waals surface area (Å²) in [6, 6.07) is 0. The Morgan fingerprint density at radius 1 is 0.850 bits per heavy atom. The van der Waals surface area contributed by atoms with Crippen molar-refractivity contribution < 1.29 is 9.59 Å². The molecule has 0 heterocycles. The molecule has 2 nitrogen and oxygen atoms in total. The van der Waals surface area contributed by atoms with Crippen LogP contribution in [0.1, 0.15) is 51.4 Å². The first-order valence-corrected chi connectivity index (χ1v) is 8.70. The predicted molar refractivity (Wildman–Crippen MR) is 80.2 cm³/mol. The summed E-state index contributed by atoms with van der Waals surface area (Å²) in [5, 5.41) is 0. The van der Waals surface area contributed by atoms with Gasteiger partial charge in [-0.3, -0.25) is 9.59 Å². The van der Waals surface area contributed by atoms with E-state index in [1.807, 2.05) is 0 Å². The van der Waals surface area contributed by atoms with Gasteiger partial charge in [-0.1, -0.05) is 0 Å². The van der Waals surface area contributed by atoms with E-state index in [9.17, 15) is 9.59 Å². The van der Waals surface area contributed by atoms with E-state index in [0.29, 0.717) is 24.7 Å². The highest BCUT2D eigenvalue weighted by Gasteiger charge is 2.57. The van der Waals surface area contributed by atoms with Gasteiger partial charge < -0.3 is 0 Å². The van der Waals surface area contributed by atoms with Crippen molar-refractivity contribution in [3.63, 3.8) is 0 Å². The van der Waals surface area contributed by atoms with E-state index in [1.54, 1.807) is 0 Å². The molecule has 112 valence electrons. The lowest BCUT2D eigenvalue weighted by molar-refractivity contribution is -0.142. The van der Waals surface area contributed by atoms with Crippen molar-refractivity contribution in [2.24, 2.45) is 22.7 Å². The molecule has 20 heavy (non-hydrogen) atoms. The molecular weight excluding hydrogens is 295 g/mol. The van der Waals surface area contributed by atoms with Gasteiger partial charge in [0.15, 0.2) is 0 Å². The lowest BCUT2D eigenvalue weighted by Crippen LogP contribution is -2.53. The van der Waals surface area contributed by atoms with Gasteiger partial charge in [0.2, 0.25) is 0 Å². The van der Waals surface area contributed by atoms with Crippen LogP contribution in [0, 0.1) is 22.7 Å². The minimum Gasteiger partial charge on any atom is -0.298 e. The molecule has 0 unspecified atom stereocenters. The quantitative estimate of drug-likeness (QED) is 0.695. The molecule has 0 aromatic carbocycles. The number of hydrogen-bond donors (Lipinski definition) is 0. The molecular formula is C16H22Cl2O2. The molecule has 0 saturated heterocycles. The molecule has 0 aromatic heterocycles. The number of carbonyl (C=O) groups excluding carboxylic acids is 2. The van der Waals surface area contributed by atoms with Gasteiger partial charge in [-0.05, 0) is 61.2 Å². The minimum absolute atomic E-state index is 0.130. The molecule has 0 aromatic rings. The Kier molecular flexibility index (Phi) is 3.92. The summed E-state index contributed by atoms with van der Waals surface area (Å²) in [5.41, 5.74) is 0.283. The Morgan fingerprint density at radius 3 is 1.60 bits per heavy atom. The van der Waals surface area contributed by atoms with E-state index < -0.39 is 0 Å². The van der Waals surface area contributed by atoms with Crippen LogP contribution in [0.15, 0.2) is 0 Å². The lowest BCUT2D eigenvalue weighted by Gasteiger charge is -2.62. The first kappa shape index (κ1) is 14.8. The molecule has 0 aliphatic heterocycles. The lowest BCUT2D eigenvalue weighted by atomic mass is 9.42. The van der Waals surface area contributed by atoms with Crippen molar-refractivity contribution in [3.8, 4) is 0 Å². The van der Waals surface area contributed by atoms with Crippen LogP contribution in [0.2, 0.25) is 0 Å². The third kappa shape index (κ3) is 2.66. The van der Waals surface area contributed by atoms with Crippen molar-refractivity contribution in [1.29, 1.82) is 0 Å². The van der Waals surface area contributed by atoms with Crippen LogP contribution in [0.4, 0.5) is 0 Å². The number of hydrogen-bond acceptors (Lipinski definition) is 2. The fraction of sp³-hybridized carbons (Fsp3) is 0.875. The van der Waals surface area contributed by atoms with E-state index in [0.717, 1.165) is 6.42 Å². The average Bonchev–Trinajstić information content (AvgIpc) is 2.35. The van der Waals surface area contributed by atoms with Crippen molar-refractivity contribution in [2.45, 2.75) is 51.4 Å². The van der Waals surface area contributed by atoms with Crippen molar-refractivity contribution in [3.05, 3.63) is 0 Å². The third-order valence-electron chi connectivity index (χ3n) is 5.75. The van der Waals surface area contributed by atoms with Crippen molar-refractivity contribution in [2.75, 3.05) is 11.8 Å². The third-order valence-corrected chi connectivity index (χ3v) is 6.34. The Bertz CT molecular complexity index is 382. The molecule has 0 amide bonds. The molecule has 4 rings (SSSR count). The number of carbonyl (C=O) groups is 2. The summed E-state index contributed by atoms with van der Waals surface area (Å²) in [4.78, 5) is 23.7. The van der Waals surface area contributed by atoms with Crippen LogP contribution in [0.25, 0.3) is 0 Å². The number of halogens is 2. The van der Waals surface area contributed by atoms with Crippen LogP contribution < -0.4 is 0 Å². The van der Waals surface area contributed by atoms with Crippen LogP contribution in [-0.2, 0) is 9.59 Å². The van der Waals surface area contributed by atoms with Gasteiger partial charge in [0, 0.05) is 12.8 Å². The number of rotatable bonds is 6. The molecule has 0 atom stereocenters. The second-order valence-corrected chi connectivity index (χ2v) is 8.19. The Morgan fingerprint density at radius 2 is 1.25 bits per heavy atom. The summed E-state index contributed by atoms with van der Waals surface area (Å²) in [6.45, 7) is 0. The highest BCUT2D eigenvalue weighted by molar-refractivity contribution is 6.28. The molecule has 0 N–H and O–H groups in total. The molecule has 4 fully saturated rings. The molecule has 0 spiro atoms. The number of ketones is 2. The molecule has 4 heteroatoms. The molecule has 4 aliphatic rings. The highest BCUT2D eigenvalue weighted by atomic mass is 35.5. The predicted octanol–water partition coefficient (Wildman–Crippen LogP) is 3.97.